The molecule has 0 saturated heterocycles. The lowest BCUT2D eigenvalue weighted by atomic mass is 10.2. The van der Waals surface area contributed by atoms with Crippen molar-refractivity contribution in [2.24, 2.45) is 0 Å². The maximum Gasteiger partial charge on any atom is 0.252 e. The van der Waals surface area contributed by atoms with Gasteiger partial charge in [0.1, 0.15) is 6.61 Å². The Balaban J connectivity index is 2.21. The predicted molar refractivity (Wildman–Crippen MR) is 78.1 cm³/mol. The summed E-state index contributed by atoms with van der Waals surface area (Å²) < 4.78 is 4.73. The molecule has 7 heteroatoms. The summed E-state index contributed by atoms with van der Waals surface area (Å²) in [5.74, 6) is -0.249. The van der Waals surface area contributed by atoms with Gasteiger partial charge in [0.15, 0.2) is 5.13 Å². The van der Waals surface area contributed by atoms with Gasteiger partial charge in [0, 0.05) is 23.1 Å². The van der Waals surface area contributed by atoms with Crippen LogP contribution < -0.4 is 5.32 Å². The summed E-state index contributed by atoms with van der Waals surface area (Å²) in [6.45, 7) is -0.00711. The molecule has 1 aromatic carbocycles. The van der Waals surface area contributed by atoms with E-state index < -0.39 is 0 Å². The van der Waals surface area contributed by atoms with Gasteiger partial charge in [-0.1, -0.05) is 23.2 Å². The van der Waals surface area contributed by atoms with Crippen molar-refractivity contribution in [1.82, 2.24) is 4.98 Å². The Labute approximate surface area is 124 Å². The molecule has 0 saturated carbocycles. The molecule has 2 aromatic rings. The number of nitrogens with one attached hydrogen (secondary N) is 1. The van der Waals surface area contributed by atoms with Crippen LogP contribution >= 0.6 is 34.5 Å². The van der Waals surface area contributed by atoms with Gasteiger partial charge in [0.05, 0.1) is 10.7 Å². The second-order valence-electron chi connectivity index (χ2n) is 3.64. The van der Waals surface area contributed by atoms with E-state index in [1.807, 2.05) is 0 Å². The first-order chi connectivity index (χ1) is 9.10. The van der Waals surface area contributed by atoms with E-state index in [9.17, 15) is 4.79 Å². The number of hydrogen-bond donors (Lipinski definition) is 1. The van der Waals surface area contributed by atoms with E-state index in [0.717, 1.165) is 5.56 Å². The van der Waals surface area contributed by atoms with Gasteiger partial charge < -0.3 is 4.74 Å². The first-order valence-corrected chi connectivity index (χ1v) is 6.93. The zero-order chi connectivity index (χ0) is 13.8. The van der Waals surface area contributed by atoms with Gasteiger partial charge in [-0.05, 0) is 18.2 Å². The van der Waals surface area contributed by atoms with Crippen LogP contribution in [0.3, 0.4) is 0 Å². The molecule has 1 amide bonds. The third-order valence-corrected chi connectivity index (χ3v) is 3.55. The molecule has 0 bridgehead atoms. The molecular formula is C12H10Cl2N2O2S. The SMILES string of the molecule is COCC(=O)Nc1nc(-c2cc(Cl)ccc2Cl)cs1. The topological polar surface area (TPSA) is 51.2 Å². The molecule has 19 heavy (non-hydrogen) atoms. The summed E-state index contributed by atoms with van der Waals surface area (Å²) >= 11 is 13.3. The van der Waals surface area contributed by atoms with Crippen LogP contribution in [0.5, 0.6) is 0 Å². The summed E-state index contributed by atoms with van der Waals surface area (Å²) in [6, 6.07) is 5.16. The highest BCUT2D eigenvalue weighted by Crippen LogP contribution is 2.32. The Bertz CT molecular complexity index is 601. The first kappa shape index (κ1) is 14.3. The molecule has 0 unspecified atom stereocenters. The minimum Gasteiger partial charge on any atom is -0.375 e. The monoisotopic (exact) mass is 316 g/mol. The number of halogens is 2. The quantitative estimate of drug-likeness (QED) is 0.935. The number of aromatic nitrogens is 1. The van der Waals surface area contributed by atoms with Gasteiger partial charge in [0.25, 0.3) is 5.91 Å². The first-order valence-electron chi connectivity index (χ1n) is 5.30. The number of nitrogens with zero attached hydrogens (tertiary/aromatic N) is 1. The molecule has 1 aromatic heterocycles. The standard InChI is InChI=1S/C12H10Cl2N2O2S/c1-18-5-11(17)16-12-15-10(6-19-12)8-4-7(13)2-3-9(8)14/h2-4,6H,5H2,1H3,(H,15,16,17). The van der Waals surface area contributed by atoms with E-state index in [0.29, 0.717) is 20.9 Å². The van der Waals surface area contributed by atoms with Crippen LogP contribution in [0.25, 0.3) is 11.3 Å². The Morgan fingerprint density at radius 3 is 3.00 bits per heavy atom. The number of anilines is 1. The normalized spacial score (nSPS) is 10.5. The molecule has 0 radical (unpaired) electrons. The fourth-order valence-electron chi connectivity index (χ4n) is 1.44. The van der Waals surface area contributed by atoms with Crippen LogP contribution in [-0.4, -0.2) is 24.6 Å². The maximum absolute atomic E-state index is 11.4. The van der Waals surface area contributed by atoms with Crippen LogP contribution in [0.4, 0.5) is 5.13 Å². The lowest BCUT2D eigenvalue weighted by Gasteiger charge is -2.01. The predicted octanol–water partition coefficient (Wildman–Crippen LogP) is 3.70. The largest absolute Gasteiger partial charge is 0.375 e. The zero-order valence-corrected chi connectivity index (χ0v) is 12.3. The van der Waals surface area contributed by atoms with Crippen LogP contribution in [0, 0.1) is 0 Å². The van der Waals surface area contributed by atoms with E-state index in [4.69, 9.17) is 27.9 Å². The second kappa shape index (κ2) is 6.34. The minimum atomic E-state index is -0.249. The van der Waals surface area contributed by atoms with Crippen LogP contribution in [0.2, 0.25) is 10.0 Å². The molecule has 2 rings (SSSR count). The van der Waals surface area contributed by atoms with Crippen molar-refractivity contribution in [3.63, 3.8) is 0 Å². The van der Waals surface area contributed by atoms with Crippen molar-refractivity contribution in [3.05, 3.63) is 33.6 Å². The van der Waals surface area contributed by atoms with Gasteiger partial charge in [-0.15, -0.1) is 11.3 Å². The van der Waals surface area contributed by atoms with Gasteiger partial charge in [-0.3, -0.25) is 10.1 Å². The molecule has 100 valence electrons. The molecule has 1 heterocycles. The number of ether oxygens (including phenoxy) is 1. The Morgan fingerprint density at radius 1 is 1.47 bits per heavy atom. The molecule has 0 aliphatic heterocycles. The fraction of sp³-hybridized carbons (Fsp3) is 0.167. The molecule has 0 spiro atoms. The molecule has 0 fully saturated rings. The van der Waals surface area contributed by atoms with Crippen molar-refractivity contribution < 1.29 is 9.53 Å². The van der Waals surface area contributed by atoms with Crippen molar-refractivity contribution >= 4 is 45.6 Å². The van der Waals surface area contributed by atoms with Crippen LogP contribution in [-0.2, 0) is 9.53 Å². The van der Waals surface area contributed by atoms with Crippen molar-refractivity contribution in [1.29, 1.82) is 0 Å². The lowest BCUT2D eigenvalue weighted by molar-refractivity contribution is -0.119. The number of carbonyl (C=O) groups is 1. The smallest absolute Gasteiger partial charge is 0.252 e. The third-order valence-electron chi connectivity index (χ3n) is 2.23. The number of rotatable bonds is 4. The van der Waals surface area contributed by atoms with E-state index in [1.54, 1.807) is 23.6 Å². The van der Waals surface area contributed by atoms with Crippen LogP contribution in [0.15, 0.2) is 23.6 Å². The summed E-state index contributed by atoms with van der Waals surface area (Å²) in [7, 11) is 1.46. The van der Waals surface area contributed by atoms with E-state index in [2.05, 4.69) is 10.3 Å². The van der Waals surface area contributed by atoms with Gasteiger partial charge in [-0.2, -0.15) is 0 Å². The summed E-state index contributed by atoms with van der Waals surface area (Å²) in [6.07, 6.45) is 0. The minimum absolute atomic E-state index is 0.00711. The maximum atomic E-state index is 11.4. The fourth-order valence-corrected chi connectivity index (χ4v) is 2.55. The van der Waals surface area contributed by atoms with Crippen molar-refractivity contribution in [3.8, 4) is 11.3 Å². The highest BCUT2D eigenvalue weighted by Gasteiger charge is 2.10. The second-order valence-corrected chi connectivity index (χ2v) is 5.34. The number of methoxy groups -OCH3 is 1. The Kier molecular flexibility index (Phi) is 4.76. The van der Waals surface area contributed by atoms with Gasteiger partial charge >= 0.3 is 0 Å². The molecule has 4 nitrogen and oxygen atoms in total. The van der Waals surface area contributed by atoms with E-state index >= 15 is 0 Å². The molecule has 1 N–H and O–H groups in total. The summed E-state index contributed by atoms with van der Waals surface area (Å²) in [4.78, 5) is 15.7. The van der Waals surface area contributed by atoms with Crippen molar-refractivity contribution in [2.75, 3.05) is 19.0 Å². The number of thiazole rings is 1. The Hall–Kier alpha value is -1.14. The highest BCUT2D eigenvalue weighted by atomic mass is 35.5. The number of benzene rings is 1. The molecule has 0 aliphatic rings. The average molecular weight is 317 g/mol. The summed E-state index contributed by atoms with van der Waals surface area (Å²) in [5, 5.41) is 6.07. The third kappa shape index (κ3) is 3.67. The highest BCUT2D eigenvalue weighted by molar-refractivity contribution is 7.14. The molecule has 0 aliphatic carbocycles. The Morgan fingerprint density at radius 2 is 2.26 bits per heavy atom. The van der Waals surface area contributed by atoms with Gasteiger partial charge in [0.2, 0.25) is 0 Å². The molecule has 0 atom stereocenters. The summed E-state index contributed by atoms with van der Waals surface area (Å²) in [5.41, 5.74) is 1.41. The number of hydrogen-bond acceptors (Lipinski definition) is 4. The van der Waals surface area contributed by atoms with Crippen LogP contribution in [0.1, 0.15) is 0 Å². The van der Waals surface area contributed by atoms with E-state index in [1.165, 1.54) is 18.4 Å². The number of carbonyl (C=O) groups excluding carboxylic acids is 1. The average Bonchev–Trinajstić information content (AvgIpc) is 2.81. The van der Waals surface area contributed by atoms with Crippen molar-refractivity contribution in [2.45, 2.75) is 0 Å². The lowest BCUT2D eigenvalue weighted by Crippen LogP contribution is -2.16. The zero-order valence-electron chi connectivity index (χ0n) is 9.94. The van der Waals surface area contributed by atoms with Gasteiger partial charge in [-0.25, -0.2) is 4.98 Å². The number of amides is 1. The van der Waals surface area contributed by atoms with E-state index in [-0.39, 0.29) is 12.5 Å². The molecular weight excluding hydrogens is 307 g/mol.